The third-order valence-corrected chi connectivity index (χ3v) is 5.15. The Kier molecular flexibility index (Phi) is 4.65. The van der Waals surface area contributed by atoms with Gasteiger partial charge >= 0.3 is 0 Å². The summed E-state index contributed by atoms with van der Waals surface area (Å²) in [7, 11) is 0. The molecule has 1 aliphatic carbocycles. The fourth-order valence-electron chi connectivity index (χ4n) is 3.67. The summed E-state index contributed by atoms with van der Waals surface area (Å²) in [6, 6.07) is 18.7. The van der Waals surface area contributed by atoms with E-state index >= 15 is 0 Å². The number of Topliss-reactive ketones (excluding diaryl/α,β-unsaturated/α-hetero) is 1. The zero-order chi connectivity index (χ0) is 19.7. The van der Waals surface area contributed by atoms with Gasteiger partial charge in [-0.1, -0.05) is 36.4 Å². The fraction of sp³-hybridized carbons (Fsp3) is 0.174. The van der Waals surface area contributed by atoms with E-state index in [1.165, 1.54) is 0 Å². The second-order valence-electron chi connectivity index (χ2n) is 6.66. The number of hydrazone groups is 1. The minimum Gasteiger partial charge on any atom is -0.372 e. The van der Waals surface area contributed by atoms with Gasteiger partial charge in [0.1, 0.15) is 5.71 Å². The number of ketones is 1. The van der Waals surface area contributed by atoms with Crippen molar-refractivity contribution < 1.29 is 9.59 Å². The molecule has 0 spiro atoms. The molecule has 28 heavy (non-hydrogen) atoms. The second-order valence-corrected chi connectivity index (χ2v) is 6.66. The first kappa shape index (κ1) is 17.9. The summed E-state index contributed by atoms with van der Waals surface area (Å²) in [6.45, 7) is 6.00. The third-order valence-electron chi connectivity index (χ3n) is 5.15. The van der Waals surface area contributed by atoms with E-state index in [0.717, 1.165) is 35.1 Å². The van der Waals surface area contributed by atoms with Crippen LogP contribution in [0.4, 0.5) is 5.69 Å². The van der Waals surface area contributed by atoms with Gasteiger partial charge in [-0.2, -0.15) is 5.10 Å². The van der Waals surface area contributed by atoms with Gasteiger partial charge in [0, 0.05) is 40.9 Å². The van der Waals surface area contributed by atoms with Crippen molar-refractivity contribution in [2.24, 2.45) is 5.10 Å². The van der Waals surface area contributed by atoms with Crippen LogP contribution in [0.2, 0.25) is 0 Å². The Bertz CT molecular complexity index is 1090. The molecule has 0 aliphatic heterocycles. The van der Waals surface area contributed by atoms with Crippen molar-refractivity contribution in [3.05, 3.63) is 77.4 Å². The Morgan fingerprint density at radius 3 is 2.21 bits per heavy atom. The molecule has 0 radical (unpaired) electrons. The summed E-state index contributed by atoms with van der Waals surface area (Å²) >= 11 is 0. The number of amides is 1. The zero-order valence-corrected chi connectivity index (χ0v) is 15.9. The van der Waals surface area contributed by atoms with Gasteiger partial charge in [-0.05, 0) is 43.5 Å². The van der Waals surface area contributed by atoms with Crippen LogP contribution in [-0.2, 0) is 0 Å². The average molecular weight is 371 g/mol. The first-order valence-electron chi connectivity index (χ1n) is 9.44. The number of hydrogen-bond donors (Lipinski definition) is 1. The summed E-state index contributed by atoms with van der Waals surface area (Å²) in [4.78, 5) is 27.4. The van der Waals surface area contributed by atoms with Gasteiger partial charge in [-0.25, -0.2) is 5.43 Å². The van der Waals surface area contributed by atoms with Crippen molar-refractivity contribution in [2.45, 2.75) is 13.8 Å². The van der Waals surface area contributed by atoms with E-state index in [1.807, 2.05) is 42.5 Å². The van der Waals surface area contributed by atoms with Gasteiger partial charge in [-0.3, -0.25) is 9.59 Å². The van der Waals surface area contributed by atoms with E-state index in [0.29, 0.717) is 11.1 Å². The molecule has 0 saturated carbocycles. The highest BCUT2D eigenvalue weighted by molar-refractivity contribution is 6.59. The Labute approximate surface area is 163 Å². The van der Waals surface area contributed by atoms with Crippen molar-refractivity contribution >= 4 is 33.9 Å². The van der Waals surface area contributed by atoms with Gasteiger partial charge in [0.15, 0.2) is 0 Å². The number of carbonyl (C=O) groups excluding carboxylic acids is 2. The fourth-order valence-corrected chi connectivity index (χ4v) is 3.67. The number of carbonyl (C=O) groups is 2. The molecule has 0 unspecified atom stereocenters. The van der Waals surface area contributed by atoms with Crippen LogP contribution in [0.1, 0.15) is 40.1 Å². The van der Waals surface area contributed by atoms with Crippen LogP contribution in [0.25, 0.3) is 10.8 Å². The lowest BCUT2D eigenvalue weighted by atomic mass is 10.1. The second kappa shape index (κ2) is 7.27. The van der Waals surface area contributed by atoms with Crippen molar-refractivity contribution in [3.8, 4) is 0 Å². The van der Waals surface area contributed by atoms with Crippen LogP contribution in [0.5, 0.6) is 0 Å². The maximum absolute atomic E-state index is 12.7. The molecular weight excluding hydrogens is 350 g/mol. The van der Waals surface area contributed by atoms with E-state index in [1.54, 1.807) is 18.2 Å². The van der Waals surface area contributed by atoms with E-state index in [-0.39, 0.29) is 17.4 Å². The molecule has 3 aromatic rings. The molecule has 4 rings (SSSR count). The minimum absolute atomic E-state index is 0.163. The maximum atomic E-state index is 12.7. The zero-order valence-electron chi connectivity index (χ0n) is 15.9. The molecule has 5 nitrogen and oxygen atoms in total. The molecule has 1 amide bonds. The van der Waals surface area contributed by atoms with Crippen molar-refractivity contribution in [1.29, 1.82) is 0 Å². The van der Waals surface area contributed by atoms with E-state index in [9.17, 15) is 9.59 Å². The van der Waals surface area contributed by atoms with E-state index in [2.05, 4.69) is 29.3 Å². The lowest BCUT2D eigenvalue weighted by molar-refractivity contribution is 0.0955. The molecule has 3 aromatic carbocycles. The molecule has 0 fully saturated rings. The topological polar surface area (TPSA) is 61.8 Å². The summed E-state index contributed by atoms with van der Waals surface area (Å²) in [5, 5.41) is 6.05. The molecule has 0 saturated heterocycles. The molecule has 0 aromatic heterocycles. The van der Waals surface area contributed by atoms with Crippen LogP contribution in [0.15, 0.2) is 65.8 Å². The van der Waals surface area contributed by atoms with Crippen molar-refractivity contribution in [3.63, 3.8) is 0 Å². The number of rotatable bonds is 5. The number of anilines is 1. The quantitative estimate of drug-likeness (QED) is 0.689. The molecule has 0 bridgehead atoms. The Hall–Kier alpha value is -3.47. The smallest absolute Gasteiger partial charge is 0.271 e. The van der Waals surface area contributed by atoms with Gasteiger partial charge in [0.05, 0.1) is 0 Å². The SMILES string of the molecule is CCN(CC)c1ccc(C(=O)N/N=C2/C(=O)c3cccc4cccc2c34)cc1. The Morgan fingerprint density at radius 1 is 0.929 bits per heavy atom. The monoisotopic (exact) mass is 371 g/mol. The first-order chi connectivity index (χ1) is 13.6. The normalized spacial score (nSPS) is 13.9. The lowest BCUT2D eigenvalue weighted by Crippen LogP contribution is -2.23. The standard InChI is InChI=1S/C23H21N3O2/c1-3-26(4-2)17-13-11-16(12-14-17)23(28)25-24-21-18-9-5-7-15-8-6-10-19(20(15)18)22(21)27/h5-14H,3-4H2,1-2H3,(H,25,28)/b24-21+. The van der Waals surface area contributed by atoms with Gasteiger partial charge < -0.3 is 4.90 Å². The number of nitrogens with zero attached hydrogens (tertiary/aromatic N) is 2. The number of benzene rings is 3. The van der Waals surface area contributed by atoms with E-state index < -0.39 is 0 Å². The van der Waals surface area contributed by atoms with Crippen LogP contribution in [-0.4, -0.2) is 30.5 Å². The van der Waals surface area contributed by atoms with Gasteiger partial charge in [0.25, 0.3) is 5.91 Å². The summed E-state index contributed by atoms with van der Waals surface area (Å²) in [5.74, 6) is -0.501. The van der Waals surface area contributed by atoms with Crippen LogP contribution in [0, 0.1) is 0 Å². The highest BCUT2D eigenvalue weighted by Gasteiger charge is 2.28. The van der Waals surface area contributed by atoms with Crippen molar-refractivity contribution in [2.75, 3.05) is 18.0 Å². The highest BCUT2D eigenvalue weighted by Crippen LogP contribution is 2.30. The molecule has 0 heterocycles. The molecule has 140 valence electrons. The maximum Gasteiger partial charge on any atom is 0.271 e. The highest BCUT2D eigenvalue weighted by atomic mass is 16.2. The first-order valence-corrected chi connectivity index (χ1v) is 9.44. The molecule has 1 aliphatic rings. The Morgan fingerprint density at radius 2 is 1.57 bits per heavy atom. The molecule has 0 atom stereocenters. The number of nitrogens with one attached hydrogen (secondary N) is 1. The van der Waals surface area contributed by atoms with Gasteiger partial charge in [-0.15, -0.1) is 0 Å². The molecule has 1 N–H and O–H groups in total. The summed E-state index contributed by atoms with van der Waals surface area (Å²) in [5.41, 5.74) is 5.78. The molecule has 5 heteroatoms. The largest absolute Gasteiger partial charge is 0.372 e. The van der Waals surface area contributed by atoms with Crippen LogP contribution >= 0.6 is 0 Å². The lowest BCUT2D eigenvalue weighted by Gasteiger charge is -2.20. The van der Waals surface area contributed by atoms with Crippen LogP contribution < -0.4 is 10.3 Å². The van der Waals surface area contributed by atoms with E-state index in [4.69, 9.17) is 0 Å². The number of hydrogen-bond acceptors (Lipinski definition) is 4. The third kappa shape index (κ3) is 2.95. The predicted octanol–water partition coefficient (Wildman–Crippen LogP) is 4.02. The predicted molar refractivity (Wildman–Crippen MR) is 112 cm³/mol. The summed E-state index contributed by atoms with van der Waals surface area (Å²) < 4.78 is 0. The average Bonchev–Trinajstić information content (AvgIpc) is 3.01. The van der Waals surface area contributed by atoms with Crippen molar-refractivity contribution in [1.82, 2.24) is 5.43 Å². The van der Waals surface area contributed by atoms with Gasteiger partial charge in [0.2, 0.25) is 5.78 Å². The Balaban J connectivity index is 1.58. The molecular formula is C23H21N3O2. The summed E-state index contributed by atoms with van der Waals surface area (Å²) in [6.07, 6.45) is 0. The van der Waals surface area contributed by atoms with Crippen LogP contribution in [0.3, 0.4) is 0 Å². The minimum atomic E-state index is -0.338.